The Kier molecular flexibility index (Phi) is 2.67. The molecule has 0 aromatic heterocycles. The number of rotatable bonds is 4. The molecule has 0 aromatic carbocycles. The summed E-state index contributed by atoms with van der Waals surface area (Å²) in [6.45, 7) is 0.848. The van der Waals surface area contributed by atoms with Gasteiger partial charge in [0.05, 0.1) is 0 Å². The average Bonchev–Trinajstić information content (AvgIpc) is 2.86. The van der Waals surface area contributed by atoms with Crippen LogP contribution in [0.1, 0.15) is 38.5 Å². The lowest BCUT2D eigenvalue weighted by Crippen LogP contribution is -2.25. The van der Waals surface area contributed by atoms with Crippen LogP contribution in [0.25, 0.3) is 0 Å². The fourth-order valence-electron chi connectivity index (χ4n) is 1.80. The van der Waals surface area contributed by atoms with Gasteiger partial charge in [-0.1, -0.05) is 11.6 Å². The summed E-state index contributed by atoms with van der Waals surface area (Å²) >= 11 is 0. The Balaban J connectivity index is 1.59. The zero-order chi connectivity index (χ0) is 9.10. The number of hydrogen-bond donors (Lipinski definition) is 1. The Bertz CT molecular complexity index is 228. The van der Waals surface area contributed by atoms with Gasteiger partial charge >= 0.3 is 0 Å². The molecule has 1 N–H and O–H groups in total. The molecule has 2 aliphatic carbocycles. The quantitative estimate of drug-likeness (QED) is 0.657. The van der Waals surface area contributed by atoms with Crippen LogP contribution in [0.5, 0.6) is 0 Å². The average molecular weight is 179 g/mol. The SMILES string of the molecule is O=C(NCCC1=CCCC1)C1CC1. The lowest BCUT2D eigenvalue weighted by Gasteiger charge is -2.04. The van der Waals surface area contributed by atoms with Gasteiger partial charge in [-0.05, 0) is 38.5 Å². The zero-order valence-corrected chi connectivity index (χ0v) is 8.01. The smallest absolute Gasteiger partial charge is 0.223 e. The van der Waals surface area contributed by atoms with Crippen molar-refractivity contribution >= 4 is 5.91 Å². The third kappa shape index (κ3) is 2.58. The van der Waals surface area contributed by atoms with Crippen molar-refractivity contribution in [2.45, 2.75) is 38.5 Å². The van der Waals surface area contributed by atoms with E-state index in [0.29, 0.717) is 5.92 Å². The molecule has 72 valence electrons. The number of hydrogen-bond acceptors (Lipinski definition) is 1. The van der Waals surface area contributed by atoms with Crippen LogP contribution >= 0.6 is 0 Å². The molecule has 0 radical (unpaired) electrons. The molecule has 2 aliphatic rings. The molecular weight excluding hydrogens is 162 g/mol. The van der Waals surface area contributed by atoms with Gasteiger partial charge in [0.15, 0.2) is 0 Å². The molecule has 13 heavy (non-hydrogen) atoms. The fraction of sp³-hybridized carbons (Fsp3) is 0.727. The lowest BCUT2D eigenvalue weighted by molar-refractivity contribution is -0.122. The summed E-state index contributed by atoms with van der Waals surface area (Å²) in [5, 5.41) is 2.99. The Morgan fingerprint density at radius 3 is 3.00 bits per heavy atom. The van der Waals surface area contributed by atoms with Crippen LogP contribution in [0.2, 0.25) is 0 Å². The van der Waals surface area contributed by atoms with Crippen LogP contribution in [-0.4, -0.2) is 12.5 Å². The molecule has 1 amide bonds. The van der Waals surface area contributed by atoms with Crippen molar-refractivity contribution < 1.29 is 4.79 Å². The minimum atomic E-state index is 0.276. The number of nitrogens with one attached hydrogen (secondary N) is 1. The summed E-state index contributed by atoms with van der Waals surface area (Å²) in [7, 11) is 0. The largest absolute Gasteiger partial charge is 0.356 e. The molecule has 1 fully saturated rings. The van der Waals surface area contributed by atoms with E-state index in [0.717, 1.165) is 25.8 Å². The number of carbonyl (C=O) groups is 1. The highest BCUT2D eigenvalue weighted by molar-refractivity contribution is 5.80. The summed E-state index contributed by atoms with van der Waals surface area (Å²) in [5.41, 5.74) is 1.54. The van der Waals surface area contributed by atoms with Gasteiger partial charge in [-0.15, -0.1) is 0 Å². The maximum atomic E-state index is 11.2. The van der Waals surface area contributed by atoms with Crippen molar-refractivity contribution in [3.8, 4) is 0 Å². The molecule has 0 aliphatic heterocycles. The second-order valence-corrected chi connectivity index (χ2v) is 4.07. The number of carbonyl (C=O) groups excluding carboxylic acids is 1. The highest BCUT2D eigenvalue weighted by Gasteiger charge is 2.28. The van der Waals surface area contributed by atoms with E-state index < -0.39 is 0 Å². The van der Waals surface area contributed by atoms with Gasteiger partial charge < -0.3 is 5.32 Å². The van der Waals surface area contributed by atoms with Gasteiger partial charge in [-0.3, -0.25) is 4.79 Å². The Labute approximate surface area is 79.4 Å². The van der Waals surface area contributed by atoms with E-state index in [1.807, 2.05) is 0 Å². The summed E-state index contributed by atoms with van der Waals surface area (Å²) in [4.78, 5) is 11.2. The van der Waals surface area contributed by atoms with Crippen molar-refractivity contribution in [2.24, 2.45) is 5.92 Å². The van der Waals surface area contributed by atoms with Crippen LogP contribution in [0.15, 0.2) is 11.6 Å². The second kappa shape index (κ2) is 3.95. The van der Waals surface area contributed by atoms with Crippen LogP contribution in [0.3, 0.4) is 0 Å². The van der Waals surface area contributed by atoms with Gasteiger partial charge in [-0.25, -0.2) is 0 Å². The Morgan fingerprint density at radius 1 is 1.54 bits per heavy atom. The summed E-state index contributed by atoms with van der Waals surface area (Å²) in [5.74, 6) is 0.635. The molecule has 0 bridgehead atoms. The van der Waals surface area contributed by atoms with Gasteiger partial charge in [0.1, 0.15) is 0 Å². The topological polar surface area (TPSA) is 29.1 Å². The van der Waals surface area contributed by atoms with E-state index >= 15 is 0 Å². The van der Waals surface area contributed by atoms with Crippen molar-refractivity contribution in [2.75, 3.05) is 6.54 Å². The molecule has 0 aromatic rings. The molecule has 0 saturated heterocycles. The third-order valence-electron chi connectivity index (χ3n) is 2.83. The van der Waals surface area contributed by atoms with Crippen LogP contribution < -0.4 is 5.32 Å². The van der Waals surface area contributed by atoms with Crippen molar-refractivity contribution in [3.05, 3.63) is 11.6 Å². The first kappa shape index (κ1) is 8.79. The minimum absolute atomic E-state index is 0.276. The molecule has 2 nitrogen and oxygen atoms in total. The highest BCUT2D eigenvalue weighted by Crippen LogP contribution is 2.28. The molecule has 0 unspecified atom stereocenters. The Morgan fingerprint density at radius 2 is 2.38 bits per heavy atom. The summed E-state index contributed by atoms with van der Waals surface area (Å²) in [6.07, 6.45) is 9.40. The predicted molar refractivity (Wildman–Crippen MR) is 52.3 cm³/mol. The van der Waals surface area contributed by atoms with E-state index in [4.69, 9.17) is 0 Å². The van der Waals surface area contributed by atoms with Crippen LogP contribution in [-0.2, 0) is 4.79 Å². The van der Waals surface area contributed by atoms with Crippen LogP contribution in [0, 0.1) is 5.92 Å². The molecule has 0 heterocycles. The summed E-state index contributed by atoms with van der Waals surface area (Å²) < 4.78 is 0. The predicted octanol–water partition coefficient (Wildman–Crippen LogP) is 2.01. The maximum absolute atomic E-state index is 11.2. The first-order chi connectivity index (χ1) is 6.36. The standard InChI is InChI=1S/C11H17NO/c13-11(10-5-6-10)12-8-7-9-3-1-2-4-9/h3,10H,1-2,4-8H2,(H,12,13). The molecule has 1 saturated carbocycles. The Hall–Kier alpha value is -0.790. The molecular formula is C11H17NO. The molecule has 0 spiro atoms. The third-order valence-corrected chi connectivity index (χ3v) is 2.83. The fourth-order valence-corrected chi connectivity index (χ4v) is 1.80. The van der Waals surface area contributed by atoms with Gasteiger partial charge in [0.2, 0.25) is 5.91 Å². The van der Waals surface area contributed by atoms with E-state index in [1.54, 1.807) is 0 Å². The van der Waals surface area contributed by atoms with E-state index in [1.165, 1.54) is 24.8 Å². The van der Waals surface area contributed by atoms with Gasteiger partial charge in [0.25, 0.3) is 0 Å². The second-order valence-electron chi connectivity index (χ2n) is 4.07. The summed E-state index contributed by atoms with van der Waals surface area (Å²) in [6, 6.07) is 0. The van der Waals surface area contributed by atoms with Crippen LogP contribution in [0.4, 0.5) is 0 Å². The lowest BCUT2D eigenvalue weighted by atomic mass is 10.2. The molecule has 2 rings (SSSR count). The first-order valence-corrected chi connectivity index (χ1v) is 5.32. The number of amides is 1. The van der Waals surface area contributed by atoms with Gasteiger partial charge in [0, 0.05) is 12.5 Å². The first-order valence-electron chi connectivity index (χ1n) is 5.32. The zero-order valence-electron chi connectivity index (χ0n) is 8.01. The van der Waals surface area contributed by atoms with Gasteiger partial charge in [-0.2, -0.15) is 0 Å². The monoisotopic (exact) mass is 179 g/mol. The van der Waals surface area contributed by atoms with Crippen molar-refractivity contribution in [3.63, 3.8) is 0 Å². The van der Waals surface area contributed by atoms with E-state index in [9.17, 15) is 4.79 Å². The molecule has 2 heteroatoms. The van der Waals surface area contributed by atoms with Crippen molar-refractivity contribution in [1.29, 1.82) is 0 Å². The van der Waals surface area contributed by atoms with Crippen molar-refractivity contribution in [1.82, 2.24) is 5.32 Å². The minimum Gasteiger partial charge on any atom is -0.356 e. The van der Waals surface area contributed by atoms with E-state index in [-0.39, 0.29) is 5.91 Å². The number of allylic oxidation sites excluding steroid dienone is 1. The van der Waals surface area contributed by atoms with E-state index in [2.05, 4.69) is 11.4 Å². The molecule has 0 atom stereocenters. The normalized spacial score (nSPS) is 21.4. The highest BCUT2D eigenvalue weighted by atomic mass is 16.2. The maximum Gasteiger partial charge on any atom is 0.223 e.